The molecule has 104 valence electrons. The molecule has 0 saturated carbocycles. The van der Waals surface area contributed by atoms with Gasteiger partial charge in [-0.3, -0.25) is 4.98 Å². The first-order chi connectivity index (χ1) is 9.72. The molecule has 0 spiro atoms. The third-order valence-electron chi connectivity index (χ3n) is 4.65. The summed E-state index contributed by atoms with van der Waals surface area (Å²) in [5, 5.41) is 12.1. The molecule has 3 heteroatoms. The molecule has 2 bridgehead atoms. The number of benzene rings is 1. The normalized spacial score (nSPS) is 32.6. The highest BCUT2D eigenvalue weighted by Crippen LogP contribution is 2.40. The molecule has 2 aliphatic rings. The Morgan fingerprint density at radius 3 is 2.70 bits per heavy atom. The molecule has 2 fully saturated rings. The number of aliphatic hydroxyl groups is 1. The minimum atomic E-state index is -0.629. The fourth-order valence-electron chi connectivity index (χ4n) is 3.82. The molecule has 3 heterocycles. The molecule has 2 atom stereocenters. The lowest BCUT2D eigenvalue weighted by Gasteiger charge is -2.36. The van der Waals surface area contributed by atoms with Crippen LogP contribution in [-0.2, 0) is 11.2 Å². The summed E-state index contributed by atoms with van der Waals surface area (Å²) in [5.74, 6) is 0. The van der Waals surface area contributed by atoms with Crippen LogP contribution in [0.25, 0.3) is 10.9 Å². The molecule has 2 aromatic rings. The van der Waals surface area contributed by atoms with E-state index in [1.807, 2.05) is 12.3 Å². The molecule has 0 radical (unpaired) electrons. The summed E-state index contributed by atoms with van der Waals surface area (Å²) in [4.78, 5) is 4.49. The number of ether oxygens (including phenoxy) is 1. The highest BCUT2D eigenvalue weighted by atomic mass is 16.5. The lowest BCUT2D eigenvalue weighted by atomic mass is 9.84. The van der Waals surface area contributed by atoms with Crippen LogP contribution in [0.4, 0.5) is 0 Å². The molecule has 1 N–H and O–H groups in total. The van der Waals surface area contributed by atoms with Gasteiger partial charge < -0.3 is 9.84 Å². The Labute approximate surface area is 118 Å². The van der Waals surface area contributed by atoms with Gasteiger partial charge in [-0.1, -0.05) is 24.3 Å². The van der Waals surface area contributed by atoms with Gasteiger partial charge in [0.25, 0.3) is 0 Å². The number of para-hydroxylation sites is 1. The van der Waals surface area contributed by atoms with E-state index in [1.54, 1.807) is 0 Å². The maximum atomic E-state index is 11.0. The SMILES string of the molecule is OC1(Cc2cccc3cccnc23)CC2CCC(C1)O2. The number of hydrogen-bond acceptors (Lipinski definition) is 3. The van der Waals surface area contributed by atoms with E-state index in [2.05, 4.69) is 29.2 Å². The van der Waals surface area contributed by atoms with Crippen molar-refractivity contribution in [3.05, 3.63) is 42.1 Å². The van der Waals surface area contributed by atoms with Crippen molar-refractivity contribution < 1.29 is 9.84 Å². The standard InChI is InChI=1S/C17H19NO2/c19-17(10-14-6-7-15(11-17)20-14)9-13-4-1-3-12-5-2-8-18-16(12)13/h1-5,8,14-15,19H,6-7,9-11H2. The molecular formula is C17H19NO2. The van der Waals surface area contributed by atoms with Crippen molar-refractivity contribution in [2.45, 2.75) is 49.9 Å². The van der Waals surface area contributed by atoms with Gasteiger partial charge in [-0.25, -0.2) is 0 Å². The monoisotopic (exact) mass is 269 g/mol. The third kappa shape index (κ3) is 2.11. The molecule has 2 aliphatic heterocycles. The fourth-order valence-corrected chi connectivity index (χ4v) is 3.82. The molecule has 0 amide bonds. The highest BCUT2D eigenvalue weighted by Gasteiger charge is 2.43. The topological polar surface area (TPSA) is 42.4 Å². The van der Waals surface area contributed by atoms with Gasteiger partial charge >= 0.3 is 0 Å². The zero-order valence-electron chi connectivity index (χ0n) is 11.5. The second-order valence-electron chi connectivity index (χ2n) is 6.26. The summed E-state index contributed by atoms with van der Waals surface area (Å²) in [7, 11) is 0. The van der Waals surface area contributed by atoms with Crippen LogP contribution < -0.4 is 0 Å². The Morgan fingerprint density at radius 2 is 1.90 bits per heavy atom. The van der Waals surface area contributed by atoms with Crippen LogP contribution in [0.5, 0.6) is 0 Å². The van der Waals surface area contributed by atoms with E-state index in [0.29, 0.717) is 6.42 Å². The predicted molar refractivity (Wildman–Crippen MR) is 77.5 cm³/mol. The van der Waals surface area contributed by atoms with Crippen LogP contribution in [0, 0.1) is 0 Å². The second-order valence-corrected chi connectivity index (χ2v) is 6.26. The van der Waals surface area contributed by atoms with Crippen LogP contribution in [-0.4, -0.2) is 27.9 Å². The van der Waals surface area contributed by atoms with E-state index in [1.165, 1.54) is 0 Å². The van der Waals surface area contributed by atoms with E-state index in [9.17, 15) is 5.11 Å². The number of hydrogen-bond donors (Lipinski definition) is 1. The average Bonchev–Trinajstić information content (AvgIpc) is 2.79. The number of pyridine rings is 1. The molecule has 1 aromatic heterocycles. The highest BCUT2D eigenvalue weighted by molar-refractivity contribution is 5.81. The van der Waals surface area contributed by atoms with Crippen molar-refractivity contribution in [3.63, 3.8) is 0 Å². The zero-order valence-corrected chi connectivity index (χ0v) is 11.5. The summed E-state index contributed by atoms with van der Waals surface area (Å²) in [6.07, 6.45) is 6.71. The van der Waals surface area contributed by atoms with Crippen LogP contribution in [0.3, 0.4) is 0 Å². The molecule has 20 heavy (non-hydrogen) atoms. The van der Waals surface area contributed by atoms with Gasteiger partial charge in [-0.2, -0.15) is 0 Å². The second kappa shape index (κ2) is 4.54. The van der Waals surface area contributed by atoms with Crippen molar-refractivity contribution in [2.24, 2.45) is 0 Å². The maximum absolute atomic E-state index is 11.0. The number of fused-ring (bicyclic) bond motifs is 3. The number of nitrogens with zero attached hydrogens (tertiary/aromatic N) is 1. The van der Waals surface area contributed by atoms with E-state index in [0.717, 1.165) is 42.1 Å². The van der Waals surface area contributed by atoms with Crippen LogP contribution in [0.1, 0.15) is 31.2 Å². The molecule has 1 aromatic carbocycles. The first-order valence-electron chi connectivity index (χ1n) is 7.42. The number of rotatable bonds is 2. The van der Waals surface area contributed by atoms with Gasteiger partial charge in [0.15, 0.2) is 0 Å². The first kappa shape index (κ1) is 12.3. The van der Waals surface area contributed by atoms with Crippen molar-refractivity contribution in [1.29, 1.82) is 0 Å². The Morgan fingerprint density at radius 1 is 1.15 bits per heavy atom. The van der Waals surface area contributed by atoms with Gasteiger partial charge in [-0.15, -0.1) is 0 Å². The summed E-state index contributed by atoms with van der Waals surface area (Å²) in [6.45, 7) is 0. The molecule has 4 rings (SSSR count). The summed E-state index contributed by atoms with van der Waals surface area (Å²) in [6, 6.07) is 10.2. The van der Waals surface area contributed by atoms with Gasteiger partial charge in [-0.05, 0) is 24.5 Å². The maximum Gasteiger partial charge on any atom is 0.0738 e. The minimum absolute atomic E-state index is 0.252. The summed E-state index contributed by atoms with van der Waals surface area (Å²) < 4.78 is 5.84. The molecule has 3 nitrogen and oxygen atoms in total. The molecule has 2 saturated heterocycles. The lowest BCUT2D eigenvalue weighted by molar-refractivity contribution is -0.110. The predicted octanol–water partition coefficient (Wildman–Crippen LogP) is 2.85. The van der Waals surface area contributed by atoms with Crippen LogP contribution in [0.2, 0.25) is 0 Å². The Kier molecular flexibility index (Phi) is 2.79. The lowest BCUT2D eigenvalue weighted by Crippen LogP contribution is -2.42. The van der Waals surface area contributed by atoms with Crippen molar-refractivity contribution in [2.75, 3.05) is 0 Å². The van der Waals surface area contributed by atoms with E-state index in [4.69, 9.17) is 4.74 Å². The largest absolute Gasteiger partial charge is 0.389 e. The molecule has 0 aliphatic carbocycles. The summed E-state index contributed by atoms with van der Waals surface area (Å²) >= 11 is 0. The Hall–Kier alpha value is -1.45. The minimum Gasteiger partial charge on any atom is -0.389 e. The van der Waals surface area contributed by atoms with Crippen molar-refractivity contribution >= 4 is 10.9 Å². The quantitative estimate of drug-likeness (QED) is 0.911. The third-order valence-corrected chi connectivity index (χ3v) is 4.65. The smallest absolute Gasteiger partial charge is 0.0738 e. The van der Waals surface area contributed by atoms with Gasteiger partial charge in [0.1, 0.15) is 0 Å². The first-order valence-corrected chi connectivity index (χ1v) is 7.42. The van der Waals surface area contributed by atoms with E-state index in [-0.39, 0.29) is 12.2 Å². The fraction of sp³-hybridized carbons (Fsp3) is 0.471. The molecular weight excluding hydrogens is 250 g/mol. The molecule has 2 unspecified atom stereocenters. The summed E-state index contributed by atoms with van der Waals surface area (Å²) in [5.41, 5.74) is 1.53. The van der Waals surface area contributed by atoms with Crippen LogP contribution >= 0.6 is 0 Å². The van der Waals surface area contributed by atoms with Gasteiger partial charge in [0.05, 0.1) is 23.3 Å². The number of aromatic nitrogens is 1. The van der Waals surface area contributed by atoms with E-state index < -0.39 is 5.60 Å². The average molecular weight is 269 g/mol. The van der Waals surface area contributed by atoms with Crippen molar-refractivity contribution in [1.82, 2.24) is 4.98 Å². The Balaban J connectivity index is 1.67. The van der Waals surface area contributed by atoms with Crippen LogP contribution in [0.15, 0.2) is 36.5 Å². The zero-order chi connectivity index (χ0) is 13.6. The van der Waals surface area contributed by atoms with Crippen molar-refractivity contribution in [3.8, 4) is 0 Å². The van der Waals surface area contributed by atoms with E-state index >= 15 is 0 Å². The van der Waals surface area contributed by atoms with Gasteiger partial charge in [0.2, 0.25) is 0 Å². The van der Waals surface area contributed by atoms with Gasteiger partial charge in [0, 0.05) is 30.8 Å². The Bertz CT molecular complexity index is 622.